The Morgan fingerprint density at radius 2 is 2.18 bits per heavy atom. The van der Waals surface area contributed by atoms with Crippen molar-refractivity contribution >= 4 is 5.91 Å². The van der Waals surface area contributed by atoms with Gasteiger partial charge in [0.15, 0.2) is 0 Å². The molecule has 2 saturated heterocycles. The van der Waals surface area contributed by atoms with Crippen molar-refractivity contribution in [3.8, 4) is 0 Å². The lowest BCUT2D eigenvalue weighted by Gasteiger charge is -2.36. The molecule has 0 radical (unpaired) electrons. The number of carbonyl (C=O) groups is 1. The molecule has 0 saturated carbocycles. The van der Waals surface area contributed by atoms with E-state index in [1.807, 2.05) is 0 Å². The second kappa shape index (κ2) is 4.88. The molecule has 1 N–H and O–H groups in total. The molecule has 0 aliphatic carbocycles. The van der Waals surface area contributed by atoms with Gasteiger partial charge in [-0.2, -0.15) is 0 Å². The van der Waals surface area contributed by atoms with E-state index in [4.69, 9.17) is 0 Å². The lowest BCUT2D eigenvalue weighted by atomic mass is 9.91. The van der Waals surface area contributed by atoms with Crippen molar-refractivity contribution < 1.29 is 13.6 Å². The van der Waals surface area contributed by atoms with Gasteiger partial charge in [-0.3, -0.25) is 4.79 Å². The highest BCUT2D eigenvalue weighted by Crippen LogP contribution is 2.32. The summed E-state index contributed by atoms with van der Waals surface area (Å²) in [5, 5.41) is 3.14. The van der Waals surface area contributed by atoms with Gasteiger partial charge in [-0.15, -0.1) is 0 Å². The zero-order valence-electron chi connectivity index (χ0n) is 10.2. The molecule has 0 aromatic carbocycles. The summed E-state index contributed by atoms with van der Waals surface area (Å²) in [6, 6.07) is 0. The zero-order valence-corrected chi connectivity index (χ0v) is 10.2. The third-order valence-corrected chi connectivity index (χ3v) is 3.86. The van der Waals surface area contributed by atoms with Gasteiger partial charge in [0.05, 0.1) is 5.92 Å². The molecule has 3 nitrogen and oxygen atoms in total. The van der Waals surface area contributed by atoms with E-state index in [0.717, 1.165) is 19.9 Å². The molecule has 2 aliphatic heterocycles. The van der Waals surface area contributed by atoms with Crippen LogP contribution in [0.15, 0.2) is 0 Å². The largest absolute Gasteiger partial charge is 0.342 e. The van der Waals surface area contributed by atoms with E-state index in [2.05, 4.69) is 5.32 Å². The predicted octanol–water partition coefficient (Wildman–Crippen LogP) is 1.49. The fourth-order valence-electron chi connectivity index (χ4n) is 2.71. The maximum atomic E-state index is 13.3. The van der Waals surface area contributed by atoms with Gasteiger partial charge in [-0.05, 0) is 32.7 Å². The molecule has 98 valence electrons. The first kappa shape index (κ1) is 12.7. The van der Waals surface area contributed by atoms with Crippen LogP contribution in [-0.2, 0) is 4.79 Å². The van der Waals surface area contributed by atoms with E-state index >= 15 is 0 Å². The Kier molecular flexibility index (Phi) is 3.66. The van der Waals surface area contributed by atoms with E-state index in [0.29, 0.717) is 25.9 Å². The van der Waals surface area contributed by atoms with Crippen molar-refractivity contribution in [2.24, 2.45) is 11.8 Å². The van der Waals surface area contributed by atoms with Crippen LogP contribution < -0.4 is 5.32 Å². The summed E-state index contributed by atoms with van der Waals surface area (Å²) in [6.45, 7) is 3.38. The fourth-order valence-corrected chi connectivity index (χ4v) is 2.71. The molecule has 2 atom stereocenters. The van der Waals surface area contributed by atoms with Crippen molar-refractivity contribution in [2.75, 3.05) is 26.2 Å². The molecule has 17 heavy (non-hydrogen) atoms. The number of nitrogens with one attached hydrogen (secondary N) is 1. The number of alkyl halides is 2. The number of rotatable bonds is 2. The van der Waals surface area contributed by atoms with Gasteiger partial charge in [-0.1, -0.05) is 0 Å². The Morgan fingerprint density at radius 3 is 2.76 bits per heavy atom. The van der Waals surface area contributed by atoms with E-state index < -0.39 is 11.8 Å². The quantitative estimate of drug-likeness (QED) is 0.800. The van der Waals surface area contributed by atoms with Crippen LogP contribution in [-0.4, -0.2) is 42.9 Å². The maximum Gasteiger partial charge on any atom is 0.249 e. The number of nitrogens with zero attached hydrogens (tertiary/aromatic N) is 1. The number of hydrogen-bond acceptors (Lipinski definition) is 2. The third kappa shape index (κ3) is 2.94. The van der Waals surface area contributed by atoms with Gasteiger partial charge >= 0.3 is 0 Å². The normalized spacial score (nSPS) is 30.6. The van der Waals surface area contributed by atoms with Gasteiger partial charge in [0.1, 0.15) is 0 Å². The van der Waals surface area contributed by atoms with E-state index in [1.54, 1.807) is 4.90 Å². The van der Waals surface area contributed by atoms with Crippen LogP contribution in [0, 0.1) is 11.8 Å². The number of piperidine rings is 1. The molecular formula is C12H20F2N2O. The van der Waals surface area contributed by atoms with Crippen molar-refractivity contribution in [3.05, 3.63) is 0 Å². The summed E-state index contributed by atoms with van der Waals surface area (Å²) >= 11 is 0. The Morgan fingerprint density at radius 1 is 1.41 bits per heavy atom. The van der Waals surface area contributed by atoms with Crippen molar-refractivity contribution in [1.29, 1.82) is 0 Å². The van der Waals surface area contributed by atoms with Gasteiger partial charge in [0.25, 0.3) is 0 Å². The first-order chi connectivity index (χ1) is 7.98. The summed E-state index contributed by atoms with van der Waals surface area (Å²) in [6.07, 6.45) is 2.05. The maximum absolute atomic E-state index is 13.3. The highest BCUT2D eigenvalue weighted by atomic mass is 19.3. The number of likely N-dealkylation sites (tertiary alicyclic amines) is 1. The van der Waals surface area contributed by atoms with E-state index in [-0.39, 0.29) is 18.4 Å². The molecule has 1 amide bonds. The lowest BCUT2D eigenvalue weighted by molar-refractivity contribution is -0.140. The number of halogens is 2. The molecule has 5 heteroatoms. The van der Waals surface area contributed by atoms with Crippen LogP contribution in [0.25, 0.3) is 0 Å². The SMILES string of the molecule is CC(F)(F)[C@H]1CCCN(C(=O)[C@@H]2CCNC2)C1. The standard InChI is InChI=1S/C12H20F2N2O/c1-12(13,14)10-3-2-6-16(8-10)11(17)9-4-5-15-7-9/h9-10,15H,2-8H2,1H3/t9-,10+/m1/s1. The molecule has 0 aromatic heterocycles. The number of amides is 1. The van der Waals surface area contributed by atoms with Crippen molar-refractivity contribution in [1.82, 2.24) is 10.2 Å². The first-order valence-electron chi connectivity index (χ1n) is 6.36. The zero-order chi connectivity index (χ0) is 12.5. The van der Waals surface area contributed by atoms with E-state index in [1.165, 1.54) is 0 Å². The topological polar surface area (TPSA) is 32.3 Å². The molecular weight excluding hydrogens is 226 g/mol. The predicted molar refractivity (Wildman–Crippen MR) is 60.9 cm³/mol. The summed E-state index contributed by atoms with van der Waals surface area (Å²) in [4.78, 5) is 13.8. The monoisotopic (exact) mass is 246 g/mol. The Hall–Kier alpha value is -0.710. The second-order valence-corrected chi connectivity index (χ2v) is 5.27. The van der Waals surface area contributed by atoms with Crippen LogP contribution in [0.3, 0.4) is 0 Å². The summed E-state index contributed by atoms with van der Waals surface area (Å²) in [5.74, 6) is -3.29. The first-order valence-corrected chi connectivity index (χ1v) is 6.36. The molecule has 2 heterocycles. The molecule has 0 unspecified atom stereocenters. The molecule has 0 aromatic rings. The highest BCUT2D eigenvalue weighted by Gasteiger charge is 2.39. The third-order valence-electron chi connectivity index (χ3n) is 3.86. The Labute approximate surface area is 101 Å². The van der Waals surface area contributed by atoms with Crippen LogP contribution in [0.2, 0.25) is 0 Å². The number of hydrogen-bond donors (Lipinski definition) is 1. The minimum Gasteiger partial charge on any atom is -0.342 e. The van der Waals surface area contributed by atoms with Gasteiger partial charge in [0.2, 0.25) is 11.8 Å². The fraction of sp³-hybridized carbons (Fsp3) is 0.917. The molecule has 0 spiro atoms. The van der Waals surface area contributed by atoms with Crippen LogP contribution in [0.1, 0.15) is 26.2 Å². The molecule has 2 rings (SSSR count). The summed E-state index contributed by atoms with van der Waals surface area (Å²) in [7, 11) is 0. The molecule has 2 aliphatic rings. The summed E-state index contributed by atoms with van der Waals surface area (Å²) in [5.41, 5.74) is 0. The average molecular weight is 246 g/mol. The van der Waals surface area contributed by atoms with Crippen LogP contribution in [0.4, 0.5) is 8.78 Å². The minimum absolute atomic E-state index is 0.000714. The summed E-state index contributed by atoms with van der Waals surface area (Å²) < 4.78 is 26.5. The van der Waals surface area contributed by atoms with Gasteiger partial charge in [0, 0.05) is 25.6 Å². The molecule has 2 fully saturated rings. The van der Waals surface area contributed by atoms with Gasteiger partial charge in [-0.25, -0.2) is 8.78 Å². The smallest absolute Gasteiger partial charge is 0.249 e. The average Bonchev–Trinajstić information content (AvgIpc) is 2.80. The van der Waals surface area contributed by atoms with Crippen LogP contribution in [0.5, 0.6) is 0 Å². The molecule has 0 bridgehead atoms. The van der Waals surface area contributed by atoms with Crippen molar-refractivity contribution in [2.45, 2.75) is 32.1 Å². The second-order valence-electron chi connectivity index (χ2n) is 5.27. The minimum atomic E-state index is -2.67. The van der Waals surface area contributed by atoms with Crippen LogP contribution >= 0.6 is 0 Å². The van der Waals surface area contributed by atoms with Crippen molar-refractivity contribution in [3.63, 3.8) is 0 Å². The van der Waals surface area contributed by atoms with Gasteiger partial charge < -0.3 is 10.2 Å². The Balaban J connectivity index is 1.94. The van der Waals surface area contributed by atoms with E-state index in [9.17, 15) is 13.6 Å². The highest BCUT2D eigenvalue weighted by molar-refractivity contribution is 5.79. The number of carbonyl (C=O) groups excluding carboxylic acids is 1. The Bertz CT molecular complexity index is 285. The lowest BCUT2D eigenvalue weighted by Crippen LogP contribution is -2.47.